The summed E-state index contributed by atoms with van der Waals surface area (Å²) in [6.45, 7) is -0.664. The fraction of sp³-hybridized carbons (Fsp3) is 0.667. The second kappa shape index (κ2) is 11.1. The molecule has 0 spiro atoms. The van der Waals surface area contributed by atoms with Crippen molar-refractivity contribution >= 4 is 52.4 Å². The molecule has 2 aromatic rings. The van der Waals surface area contributed by atoms with E-state index in [0.29, 0.717) is 11.7 Å². The molecule has 34 heavy (non-hydrogen) atoms. The largest absolute Gasteiger partial charge is 0.746 e. The van der Waals surface area contributed by atoms with Gasteiger partial charge in [-0.05, 0) is 19.3 Å². The van der Waals surface area contributed by atoms with Crippen LogP contribution in [0.2, 0.25) is 0 Å². The van der Waals surface area contributed by atoms with E-state index in [1.807, 2.05) is 21.6 Å². The van der Waals surface area contributed by atoms with Gasteiger partial charge in [0.25, 0.3) is 0 Å². The van der Waals surface area contributed by atoms with E-state index >= 15 is 0 Å². The second-order valence-electron chi connectivity index (χ2n) is 7.91. The van der Waals surface area contributed by atoms with Gasteiger partial charge in [-0.1, -0.05) is 28.0 Å². The van der Waals surface area contributed by atoms with Gasteiger partial charge >= 0.3 is 13.8 Å². The van der Waals surface area contributed by atoms with E-state index in [-0.39, 0.29) is 23.4 Å². The average molecular weight is 535 g/mol. The number of nitrogen functional groups attached to an aromatic ring is 1. The molecule has 2 aliphatic heterocycles. The van der Waals surface area contributed by atoms with Crippen molar-refractivity contribution in [1.29, 1.82) is 0 Å². The van der Waals surface area contributed by atoms with E-state index in [4.69, 9.17) is 15.0 Å². The van der Waals surface area contributed by atoms with Crippen LogP contribution >= 0.6 is 29.4 Å². The molecule has 0 aromatic carbocycles. The third-order valence-electron chi connectivity index (χ3n) is 5.49. The van der Waals surface area contributed by atoms with E-state index in [9.17, 15) is 24.5 Å². The number of phosphoric acid groups is 1. The fourth-order valence-corrected chi connectivity index (χ4v) is 7.47. The second-order valence-corrected chi connectivity index (χ2v) is 12.0. The molecular formula is C18H25N5O8PS2-. The highest BCUT2D eigenvalue weighted by atomic mass is 33.1. The topological polar surface area (TPSA) is 195 Å². The number of hydrogen-bond acceptors (Lipinski definition) is 14. The van der Waals surface area contributed by atoms with Crippen molar-refractivity contribution in [1.82, 2.24) is 19.5 Å². The summed E-state index contributed by atoms with van der Waals surface area (Å²) in [5, 5.41) is 21.3. The van der Waals surface area contributed by atoms with Gasteiger partial charge in [-0.3, -0.25) is 13.9 Å². The number of phosphoric ester groups is 1. The molecule has 16 heteroatoms. The van der Waals surface area contributed by atoms with Crippen molar-refractivity contribution in [2.45, 2.75) is 61.9 Å². The van der Waals surface area contributed by atoms with Gasteiger partial charge in [-0.15, -0.1) is 0 Å². The molecule has 188 valence electrons. The monoisotopic (exact) mass is 534 g/mol. The van der Waals surface area contributed by atoms with Gasteiger partial charge < -0.3 is 34.6 Å². The molecule has 4 rings (SSSR count). The SMILES string of the molecule is Nc1ncnc2c1ncn2[C@@H]1O[C@H](COP(=O)([O-])OC(=O)CCCCC2CCSS2)[C@@H](O)[C@H]1O. The summed E-state index contributed by atoms with van der Waals surface area (Å²) in [6.07, 6.45) is 0.650. The predicted octanol–water partition coefficient (Wildman–Crippen LogP) is 0.770. The normalized spacial score (nSPS) is 28.9. The number of aliphatic hydroxyl groups is 2. The van der Waals surface area contributed by atoms with Gasteiger partial charge in [-0.25, -0.2) is 15.0 Å². The van der Waals surface area contributed by atoms with Crippen LogP contribution in [-0.4, -0.2) is 71.6 Å². The number of unbranched alkanes of at least 4 members (excludes halogenated alkanes) is 1. The van der Waals surface area contributed by atoms with Crippen molar-refractivity contribution in [3.63, 3.8) is 0 Å². The molecule has 2 unspecified atom stereocenters. The molecular weight excluding hydrogens is 509 g/mol. The number of hydrogen-bond donors (Lipinski definition) is 3. The van der Waals surface area contributed by atoms with Crippen molar-refractivity contribution in [3.05, 3.63) is 12.7 Å². The Labute approximate surface area is 202 Å². The van der Waals surface area contributed by atoms with Gasteiger partial charge in [0, 0.05) is 17.4 Å². The van der Waals surface area contributed by atoms with Crippen molar-refractivity contribution in [3.8, 4) is 0 Å². The van der Waals surface area contributed by atoms with Crippen LogP contribution < -0.4 is 10.6 Å². The lowest BCUT2D eigenvalue weighted by Gasteiger charge is -2.24. The molecule has 2 aromatic heterocycles. The Morgan fingerprint density at radius 1 is 1.32 bits per heavy atom. The number of anilines is 1. The zero-order chi connectivity index (χ0) is 24.3. The van der Waals surface area contributed by atoms with Crippen LogP contribution in [0.4, 0.5) is 5.82 Å². The van der Waals surface area contributed by atoms with Crippen LogP contribution in [0.5, 0.6) is 0 Å². The minimum atomic E-state index is -4.98. The van der Waals surface area contributed by atoms with Crippen LogP contribution in [0.1, 0.15) is 38.3 Å². The number of nitrogens with two attached hydrogens (primary N) is 1. The number of imidazole rings is 1. The summed E-state index contributed by atoms with van der Waals surface area (Å²) in [6, 6.07) is 0. The molecule has 4 N–H and O–H groups in total. The first-order valence-electron chi connectivity index (χ1n) is 10.7. The summed E-state index contributed by atoms with van der Waals surface area (Å²) >= 11 is 0. The predicted molar refractivity (Wildman–Crippen MR) is 122 cm³/mol. The van der Waals surface area contributed by atoms with E-state index in [1.54, 1.807) is 0 Å². The highest BCUT2D eigenvalue weighted by molar-refractivity contribution is 8.77. The highest BCUT2D eigenvalue weighted by Gasteiger charge is 2.45. The molecule has 13 nitrogen and oxygen atoms in total. The average Bonchev–Trinajstić information content (AvgIpc) is 3.51. The highest BCUT2D eigenvalue weighted by Crippen LogP contribution is 2.42. The van der Waals surface area contributed by atoms with Crippen LogP contribution in [-0.2, 0) is 23.1 Å². The van der Waals surface area contributed by atoms with Crippen molar-refractivity contribution in [2.24, 2.45) is 0 Å². The smallest absolute Gasteiger partial charge is 0.322 e. The molecule has 0 saturated carbocycles. The summed E-state index contributed by atoms with van der Waals surface area (Å²) in [5.41, 5.74) is 6.30. The number of rotatable bonds is 10. The van der Waals surface area contributed by atoms with Crippen molar-refractivity contribution in [2.75, 3.05) is 18.1 Å². The minimum absolute atomic E-state index is 0.0395. The molecule has 0 amide bonds. The lowest BCUT2D eigenvalue weighted by atomic mass is 10.1. The minimum Gasteiger partial charge on any atom is -0.746 e. The zero-order valence-corrected chi connectivity index (χ0v) is 20.5. The number of nitrogens with zero attached hydrogens (tertiary/aromatic N) is 4. The van der Waals surface area contributed by atoms with E-state index in [1.165, 1.54) is 17.2 Å². The molecule has 0 bridgehead atoms. The van der Waals surface area contributed by atoms with E-state index in [2.05, 4.69) is 19.5 Å². The van der Waals surface area contributed by atoms with Gasteiger partial charge in [0.15, 0.2) is 17.7 Å². The van der Waals surface area contributed by atoms with Gasteiger partial charge in [0.1, 0.15) is 30.2 Å². The molecule has 6 atom stereocenters. The lowest BCUT2D eigenvalue weighted by Crippen LogP contribution is -2.34. The number of aliphatic hydroxyl groups excluding tert-OH is 2. The summed E-state index contributed by atoms with van der Waals surface area (Å²) in [5.74, 6) is 0.356. The van der Waals surface area contributed by atoms with Crippen LogP contribution in [0.3, 0.4) is 0 Å². The van der Waals surface area contributed by atoms with Gasteiger partial charge in [-0.2, -0.15) is 0 Å². The number of aromatic nitrogens is 4. The number of carbonyl (C=O) groups excluding carboxylic acids is 1. The summed E-state index contributed by atoms with van der Waals surface area (Å²) in [7, 11) is -1.29. The Hall–Kier alpha value is -1.45. The van der Waals surface area contributed by atoms with Crippen LogP contribution in [0.15, 0.2) is 12.7 Å². The molecule has 2 fully saturated rings. The maximum absolute atomic E-state index is 12.1. The van der Waals surface area contributed by atoms with E-state index < -0.39 is 44.9 Å². The first kappa shape index (κ1) is 25.6. The quantitative estimate of drug-likeness (QED) is 0.220. The summed E-state index contributed by atoms with van der Waals surface area (Å²) in [4.78, 5) is 35.9. The number of carbonyl (C=O) groups is 1. The Morgan fingerprint density at radius 2 is 2.15 bits per heavy atom. The molecule has 2 saturated heterocycles. The third-order valence-corrected chi connectivity index (χ3v) is 9.39. The zero-order valence-electron chi connectivity index (χ0n) is 18.0. The molecule has 0 aliphatic carbocycles. The fourth-order valence-electron chi connectivity index (χ4n) is 3.72. The Balaban J connectivity index is 1.26. The number of ether oxygens (including phenoxy) is 1. The first-order valence-corrected chi connectivity index (χ1v) is 14.5. The first-order chi connectivity index (χ1) is 16.2. The van der Waals surface area contributed by atoms with Gasteiger partial charge in [0.05, 0.1) is 12.9 Å². The van der Waals surface area contributed by atoms with Crippen molar-refractivity contribution < 1.29 is 38.3 Å². The maximum Gasteiger partial charge on any atom is 0.322 e. The maximum atomic E-state index is 12.1. The standard InChI is InChI=1S/C18H26N5O8PS2/c19-16-13-17(21-8-20-16)23(9-22-13)18-15(26)14(25)11(30-18)7-29-32(27,28)31-12(24)4-2-1-3-10-5-6-33-34-10/h8-11,14-15,18,25-26H,1-7H2,(H,27,28)(H2,19,20,21)/p-1/t10?,11-,14-,15-,18-/m1/s1. The Kier molecular flexibility index (Phi) is 8.36. The Bertz CT molecular complexity index is 1050. The number of fused-ring (bicyclic) bond motifs is 1. The molecule has 4 heterocycles. The Morgan fingerprint density at radius 3 is 2.91 bits per heavy atom. The molecule has 0 radical (unpaired) electrons. The van der Waals surface area contributed by atoms with Gasteiger partial charge in [0.2, 0.25) is 0 Å². The summed E-state index contributed by atoms with van der Waals surface area (Å²) < 4.78 is 28.2. The van der Waals surface area contributed by atoms with E-state index in [0.717, 1.165) is 25.0 Å². The third kappa shape index (κ3) is 6.02. The molecule has 2 aliphatic rings. The van der Waals surface area contributed by atoms with Crippen LogP contribution in [0, 0.1) is 0 Å². The lowest BCUT2D eigenvalue weighted by molar-refractivity contribution is -0.227. The van der Waals surface area contributed by atoms with Crippen LogP contribution in [0.25, 0.3) is 11.2 Å².